The van der Waals surface area contributed by atoms with Gasteiger partial charge in [-0.05, 0) is 47.2 Å². The number of guanidine groups is 1. The van der Waals surface area contributed by atoms with Gasteiger partial charge in [-0.25, -0.2) is 36.7 Å². The predicted octanol–water partition coefficient (Wildman–Crippen LogP) is 7.39. The van der Waals surface area contributed by atoms with E-state index in [1.54, 1.807) is 0 Å². The van der Waals surface area contributed by atoms with Gasteiger partial charge in [0.05, 0.1) is 22.9 Å². The Morgan fingerprint density at radius 2 is 1.79 bits per heavy atom. The Bertz CT molecular complexity index is 1910. The number of carbonyl (C=O) groups excluding carboxylic acids is 2. The second-order valence-corrected chi connectivity index (χ2v) is 13.6. The van der Waals surface area contributed by atoms with E-state index in [1.165, 1.54) is 48.7 Å². The van der Waals surface area contributed by atoms with E-state index in [2.05, 4.69) is 25.8 Å². The second kappa shape index (κ2) is 15.2. The summed E-state index contributed by atoms with van der Waals surface area (Å²) < 4.78 is 87.5. The normalized spacial score (nSPS) is 15.7. The number of carbonyl (C=O) groups is 2. The average Bonchev–Trinajstić information content (AvgIpc) is 3.48. The molecule has 1 aliphatic rings. The van der Waals surface area contributed by atoms with Crippen molar-refractivity contribution in [3.05, 3.63) is 83.2 Å². The number of benzene rings is 2. The topological polar surface area (TPSA) is 143 Å². The molecule has 2 aromatic heterocycles. The largest absolute Gasteiger partial charge is 0.447 e. The third-order valence-corrected chi connectivity index (χ3v) is 8.37. The van der Waals surface area contributed by atoms with E-state index in [4.69, 9.17) is 21.7 Å². The van der Waals surface area contributed by atoms with Crippen molar-refractivity contribution in [3.63, 3.8) is 0 Å². The molecule has 4 aromatic rings. The molecular formula is C33H34ClF6N9O3. The zero-order chi connectivity index (χ0) is 38.0. The number of nitrogens with zero attached hydrogens (tertiary/aromatic N) is 6. The van der Waals surface area contributed by atoms with Gasteiger partial charge in [0, 0.05) is 30.3 Å². The lowest BCUT2D eigenvalue weighted by Gasteiger charge is -2.33. The first-order chi connectivity index (χ1) is 24.4. The minimum Gasteiger partial charge on any atom is -0.447 e. The molecular weight excluding hydrogens is 720 g/mol. The first-order valence-electron chi connectivity index (χ1n) is 15.8. The third kappa shape index (κ3) is 9.02. The van der Waals surface area contributed by atoms with Gasteiger partial charge in [-0.15, -0.1) is 0 Å². The molecule has 19 heteroatoms. The van der Waals surface area contributed by atoms with Gasteiger partial charge in [0.1, 0.15) is 19.0 Å². The van der Waals surface area contributed by atoms with Crippen LogP contribution in [-0.4, -0.2) is 72.5 Å². The monoisotopic (exact) mass is 753 g/mol. The van der Waals surface area contributed by atoms with Gasteiger partial charge in [0.15, 0.2) is 11.8 Å². The number of hydrogen-bond donors (Lipinski definition) is 3. The van der Waals surface area contributed by atoms with Crippen LogP contribution in [0, 0.1) is 10.8 Å². The van der Waals surface area contributed by atoms with Gasteiger partial charge >= 0.3 is 12.6 Å². The first-order valence-corrected chi connectivity index (χ1v) is 16.2. The summed E-state index contributed by atoms with van der Waals surface area (Å²) in [6.45, 7) is 2.59. The molecule has 2 amide bonds. The van der Waals surface area contributed by atoms with Crippen LogP contribution in [0.25, 0.3) is 16.8 Å². The first kappa shape index (κ1) is 38.1. The summed E-state index contributed by atoms with van der Waals surface area (Å²) >= 11 is 6.40. The van der Waals surface area contributed by atoms with E-state index in [0.29, 0.717) is 22.2 Å². The van der Waals surface area contributed by atoms with Crippen LogP contribution in [0.1, 0.15) is 74.4 Å². The molecule has 0 spiro atoms. The van der Waals surface area contributed by atoms with Crippen molar-refractivity contribution in [1.82, 2.24) is 40.1 Å². The summed E-state index contributed by atoms with van der Waals surface area (Å²) in [5, 5.41) is 21.4. The van der Waals surface area contributed by atoms with Gasteiger partial charge in [-0.3, -0.25) is 15.1 Å². The number of hydrogen-bond acceptors (Lipinski definition) is 7. The predicted molar refractivity (Wildman–Crippen MR) is 177 cm³/mol. The molecule has 0 bridgehead atoms. The van der Waals surface area contributed by atoms with Gasteiger partial charge in [-0.2, -0.15) is 19.0 Å². The molecule has 2 atom stereocenters. The summed E-state index contributed by atoms with van der Waals surface area (Å²) in [5.74, 6) is -5.07. The SMILES string of the molecule is CC(C)(C)CCNC(=N)N(C(=O)c1ccc(-c2cnn(C(F)F)c2)cc1)[C@H](COC(=O)N[C@@H]1CC1(F)F)c1ccc(Cl)c(-n2ncnc2C(F)F)c1. The molecule has 1 aliphatic carbocycles. The molecule has 12 nitrogen and oxygen atoms in total. The van der Waals surface area contributed by atoms with Crippen molar-refractivity contribution in [2.24, 2.45) is 5.41 Å². The highest BCUT2D eigenvalue weighted by molar-refractivity contribution is 6.32. The van der Waals surface area contributed by atoms with Crippen LogP contribution in [0.4, 0.5) is 31.1 Å². The number of ether oxygens (including phenoxy) is 1. The maximum absolute atomic E-state index is 14.4. The van der Waals surface area contributed by atoms with Crippen LogP contribution in [0.3, 0.4) is 0 Å². The van der Waals surface area contributed by atoms with Crippen LogP contribution < -0.4 is 10.6 Å². The minimum absolute atomic E-state index is 0.0184. The summed E-state index contributed by atoms with van der Waals surface area (Å²) in [7, 11) is 0. The van der Waals surface area contributed by atoms with Gasteiger partial charge < -0.3 is 15.4 Å². The maximum atomic E-state index is 14.4. The van der Waals surface area contributed by atoms with E-state index >= 15 is 0 Å². The summed E-state index contributed by atoms with van der Waals surface area (Å²) in [5.41, 5.74) is 0.694. The number of rotatable bonds is 12. The molecule has 0 unspecified atom stereocenters. The van der Waals surface area contributed by atoms with Crippen molar-refractivity contribution in [2.75, 3.05) is 13.2 Å². The molecule has 0 radical (unpaired) electrons. The number of alkyl carbamates (subject to hydrolysis) is 1. The van der Waals surface area contributed by atoms with Crippen LogP contribution in [0.5, 0.6) is 0 Å². The van der Waals surface area contributed by atoms with E-state index in [0.717, 1.165) is 22.1 Å². The van der Waals surface area contributed by atoms with E-state index in [1.807, 2.05) is 20.8 Å². The zero-order valence-corrected chi connectivity index (χ0v) is 28.7. The highest BCUT2D eigenvalue weighted by Gasteiger charge is 2.58. The fourth-order valence-corrected chi connectivity index (χ4v) is 5.29. The molecule has 3 N–H and O–H groups in total. The minimum atomic E-state index is -3.10. The lowest BCUT2D eigenvalue weighted by Crippen LogP contribution is -2.48. The van der Waals surface area contributed by atoms with E-state index in [9.17, 15) is 35.9 Å². The molecule has 1 fully saturated rings. The Labute approximate surface area is 298 Å². The molecule has 52 heavy (non-hydrogen) atoms. The zero-order valence-electron chi connectivity index (χ0n) is 28.0. The Balaban J connectivity index is 1.54. The number of nitrogens with one attached hydrogen (secondary N) is 3. The number of amides is 2. The molecule has 0 aliphatic heterocycles. The summed E-state index contributed by atoms with van der Waals surface area (Å²) in [6.07, 6.45) is -1.02. The fraction of sp³-hybridized carbons (Fsp3) is 0.394. The van der Waals surface area contributed by atoms with Crippen LogP contribution in [0.2, 0.25) is 5.02 Å². The van der Waals surface area contributed by atoms with E-state index in [-0.39, 0.29) is 33.8 Å². The standard InChI is InChI=1S/C33H34ClF6N9O3/c1-32(2,3)10-11-42-30(41)48(28(50)19-6-4-18(5-7-19)21-14-44-47(15-21)29(37)38)24(16-52-31(51)46-25-13-33(25,39)40)20-8-9-22(34)23(12-20)49-27(26(35)36)43-17-45-49/h4-9,12,14-15,17,24-26,29H,10-11,13,16H2,1-3H3,(H2,41,42)(H,46,51)/t24-,25-/m1/s1. The lowest BCUT2D eigenvalue weighted by atomic mass is 9.92. The highest BCUT2D eigenvalue weighted by atomic mass is 35.5. The Hall–Kier alpha value is -5.13. The van der Waals surface area contributed by atoms with Crippen molar-refractivity contribution in [1.29, 1.82) is 5.41 Å². The Morgan fingerprint density at radius 1 is 1.10 bits per heavy atom. The Kier molecular flexibility index (Phi) is 11.2. The van der Waals surface area contributed by atoms with Crippen LogP contribution in [-0.2, 0) is 4.74 Å². The molecule has 2 aromatic carbocycles. The van der Waals surface area contributed by atoms with Gasteiger partial charge in [0.25, 0.3) is 18.3 Å². The van der Waals surface area contributed by atoms with Crippen molar-refractivity contribution in [3.8, 4) is 16.8 Å². The second-order valence-electron chi connectivity index (χ2n) is 13.1. The molecule has 0 saturated heterocycles. The van der Waals surface area contributed by atoms with Crippen LogP contribution in [0.15, 0.2) is 61.2 Å². The quantitative estimate of drug-likeness (QED) is 0.0778. The number of alkyl halides is 6. The molecule has 1 saturated carbocycles. The van der Waals surface area contributed by atoms with Crippen LogP contribution >= 0.6 is 11.6 Å². The number of aromatic nitrogens is 5. The van der Waals surface area contributed by atoms with Crippen molar-refractivity contribution < 1.29 is 40.7 Å². The third-order valence-electron chi connectivity index (χ3n) is 8.05. The van der Waals surface area contributed by atoms with Gasteiger partial charge in [-0.1, -0.05) is 50.6 Å². The van der Waals surface area contributed by atoms with Crippen molar-refractivity contribution >= 4 is 29.6 Å². The highest BCUT2D eigenvalue weighted by Crippen LogP contribution is 2.41. The number of halogens is 7. The lowest BCUT2D eigenvalue weighted by molar-refractivity contribution is 0.0566. The van der Waals surface area contributed by atoms with E-state index < -0.39 is 67.8 Å². The van der Waals surface area contributed by atoms with Gasteiger partial charge in [0.2, 0.25) is 0 Å². The molecule has 2 heterocycles. The Morgan fingerprint density at radius 3 is 2.38 bits per heavy atom. The summed E-state index contributed by atoms with van der Waals surface area (Å²) in [6, 6.07) is 6.99. The fourth-order valence-electron chi connectivity index (χ4n) is 5.09. The summed E-state index contributed by atoms with van der Waals surface area (Å²) in [4.78, 5) is 31.6. The maximum Gasteiger partial charge on any atom is 0.407 e. The smallest absolute Gasteiger partial charge is 0.407 e. The average molecular weight is 754 g/mol. The molecule has 278 valence electrons. The molecule has 5 rings (SSSR count). The van der Waals surface area contributed by atoms with Crippen molar-refractivity contribution in [2.45, 2.75) is 64.6 Å².